The first-order chi connectivity index (χ1) is 10.4. The number of carbonyl (C=O) groups excluding carboxylic acids is 1. The maximum absolute atomic E-state index is 13.7. The summed E-state index contributed by atoms with van der Waals surface area (Å²) in [5.41, 5.74) is 0.773. The number of H-pyrrole nitrogens is 1. The number of hydrogen-bond donors (Lipinski definition) is 2. The molecule has 0 aliphatic rings. The molecular weight excluding hydrogens is 290 g/mol. The highest BCUT2D eigenvalue weighted by Gasteiger charge is 2.20. The molecule has 0 aliphatic carbocycles. The zero-order valence-corrected chi connectivity index (χ0v) is 12.0. The van der Waals surface area contributed by atoms with Crippen LogP contribution in [0, 0.1) is 23.0 Å². The van der Waals surface area contributed by atoms with E-state index in [4.69, 9.17) is 5.26 Å². The van der Waals surface area contributed by atoms with Crippen molar-refractivity contribution in [2.24, 2.45) is 0 Å². The maximum Gasteiger partial charge on any atom is 0.273 e. The minimum atomic E-state index is -1.23. The van der Waals surface area contributed by atoms with Gasteiger partial charge in [0, 0.05) is 17.3 Å². The number of carbonyl (C=O) groups is 1. The standard InChI is InChI=1S/C15H14F2N4O/c1-8(2)12-6-13(21-20-12)15(22)19-14(7-18)10-4-3-9(16)5-11(10)17/h3-6,8,14H,1-2H3,(H,19,22)(H,20,21). The average molecular weight is 304 g/mol. The summed E-state index contributed by atoms with van der Waals surface area (Å²) in [6.07, 6.45) is 0. The van der Waals surface area contributed by atoms with Crippen molar-refractivity contribution in [3.63, 3.8) is 0 Å². The Labute approximate surface area is 126 Å². The van der Waals surface area contributed by atoms with Gasteiger partial charge < -0.3 is 5.32 Å². The topological polar surface area (TPSA) is 81.6 Å². The fourth-order valence-electron chi connectivity index (χ4n) is 1.87. The smallest absolute Gasteiger partial charge is 0.273 e. The van der Waals surface area contributed by atoms with Gasteiger partial charge in [0.2, 0.25) is 0 Å². The lowest BCUT2D eigenvalue weighted by atomic mass is 10.1. The maximum atomic E-state index is 13.7. The molecule has 0 spiro atoms. The van der Waals surface area contributed by atoms with Crippen LogP contribution in [0.15, 0.2) is 24.3 Å². The van der Waals surface area contributed by atoms with E-state index in [1.807, 2.05) is 13.8 Å². The number of aromatic nitrogens is 2. The molecule has 0 aliphatic heterocycles. The predicted octanol–water partition coefficient (Wildman–Crippen LogP) is 2.81. The van der Waals surface area contributed by atoms with Gasteiger partial charge in [0.05, 0.1) is 6.07 Å². The van der Waals surface area contributed by atoms with E-state index in [-0.39, 0.29) is 17.2 Å². The van der Waals surface area contributed by atoms with Crippen molar-refractivity contribution >= 4 is 5.91 Å². The summed E-state index contributed by atoms with van der Waals surface area (Å²) in [6.45, 7) is 3.86. The van der Waals surface area contributed by atoms with Gasteiger partial charge in [0.15, 0.2) is 0 Å². The summed E-state index contributed by atoms with van der Waals surface area (Å²) >= 11 is 0. The van der Waals surface area contributed by atoms with E-state index in [9.17, 15) is 13.6 Å². The summed E-state index contributed by atoms with van der Waals surface area (Å²) in [6, 6.07) is 4.93. The number of amides is 1. The van der Waals surface area contributed by atoms with E-state index in [2.05, 4.69) is 15.5 Å². The van der Waals surface area contributed by atoms with Crippen molar-refractivity contribution < 1.29 is 13.6 Å². The van der Waals surface area contributed by atoms with Gasteiger partial charge in [-0.3, -0.25) is 9.89 Å². The molecule has 22 heavy (non-hydrogen) atoms. The van der Waals surface area contributed by atoms with Crippen molar-refractivity contribution in [2.45, 2.75) is 25.8 Å². The van der Waals surface area contributed by atoms with Gasteiger partial charge in [-0.05, 0) is 18.1 Å². The number of rotatable bonds is 4. The summed E-state index contributed by atoms with van der Waals surface area (Å²) in [5.74, 6) is -2.09. The van der Waals surface area contributed by atoms with Gasteiger partial charge in [-0.25, -0.2) is 8.78 Å². The normalized spacial score (nSPS) is 12.0. The molecule has 0 radical (unpaired) electrons. The van der Waals surface area contributed by atoms with Gasteiger partial charge >= 0.3 is 0 Å². The molecule has 1 aromatic carbocycles. The summed E-state index contributed by atoms with van der Waals surface area (Å²) in [4.78, 5) is 12.1. The highest BCUT2D eigenvalue weighted by molar-refractivity contribution is 5.92. The van der Waals surface area contributed by atoms with E-state index in [1.54, 1.807) is 12.1 Å². The number of halogens is 2. The third-order valence-electron chi connectivity index (χ3n) is 3.13. The number of hydrogen-bond acceptors (Lipinski definition) is 3. The average Bonchev–Trinajstić information content (AvgIpc) is 2.95. The van der Waals surface area contributed by atoms with Crippen LogP contribution in [0.1, 0.15) is 47.6 Å². The minimum Gasteiger partial charge on any atom is -0.331 e. The molecule has 1 amide bonds. The third-order valence-corrected chi connectivity index (χ3v) is 3.13. The minimum absolute atomic E-state index is 0.100. The Morgan fingerprint density at radius 3 is 2.64 bits per heavy atom. The van der Waals surface area contributed by atoms with Gasteiger partial charge in [-0.1, -0.05) is 19.9 Å². The Kier molecular flexibility index (Phi) is 4.51. The zero-order valence-electron chi connectivity index (χ0n) is 12.0. The first-order valence-corrected chi connectivity index (χ1v) is 6.63. The molecule has 0 saturated heterocycles. The molecule has 0 bridgehead atoms. The Morgan fingerprint density at radius 1 is 1.36 bits per heavy atom. The molecule has 1 unspecified atom stereocenters. The van der Waals surface area contributed by atoms with Crippen LogP contribution < -0.4 is 5.32 Å². The van der Waals surface area contributed by atoms with Crippen LogP contribution in [-0.4, -0.2) is 16.1 Å². The Hall–Kier alpha value is -2.75. The fraction of sp³-hybridized carbons (Fsp3) is 0.267. The molecular formula is C15H14F2N4O. The van der Waals surface area contributed by atoms with Crippen LogP contribution in [-0.2, 0) is 0 Å². The Balaban J connectivity index is 2.19. The summed E-state index contributed by atoms with van der Waals surface area (Å²) < 4.78 is 26.6. The summed E-state index contributed by atoms with van der Waals surface area (Å²) in [5, 5.41) is 18.0. The summed E-state index contributed by atoms with van der Waals surface area (Å²) in [7, 11) is 0. The van der Waals surface area contributed by atoms with Gasteiger partial charge in [-0.2, -0.15) is 10.4 Å². The second kappa shape index (κ2) is 6.35. The monoisotopic (exact) mass is 304 g/mol. The van der Waals surface area contributed by atoms with Crippen molar-refractivity contribution in [3.05, 3.63) is 52.9 Å². The number of nitrogens with zero attached hydrogens (tertiary/aromatic N) is 2. The van der Waals surface area contributed by atoms with E-state index in [0.29, 0.717) is 6.07 Å². The van der Waals surface area contributed by atoms with Crippen LogP contribution >= 0.6 is 0 Å². The molecule has 1 heterocycles. The highest BCUT2D eigenvalue weighted by atomic mass is 19.1. The molecule has 0 fully saturated rings. The van der Waals surface area contributed by atoms with Crippen LogP contribution in [0.3, 0.4) is 0 Å². The Bertz CT molecular complexity index is 733. The lowest BCUT2D eigenvalue weighted by Gasteiger charge is -2.11. The molecule has 1 atom stereocenters. The first kappa shape index (κ1) is 15.6. The molecule has 2 aromatic rings. The quantitative estimate of drug-likeness (QED) is 0.911. The van der Waals surface area contributed by atoms with Crippen molar-refractivity contribution in [3.8, 4) is 6.07 Å². The molecule has 5 nitrogen and oxygen atoms in total. The highest BCUT2D eigenvalue weighted by Crippen LogP contribution is 2.18. The number of nitrogens with one attached hydrogen (secondary N) is 2. The molecule has 114 valence electrons. The van der Waals surface area contributed by atoms with Crippen LogP contribution in [0.25, 0.3) is 0 Å². The van der Waals surface area contributed by atoms with Crippen LogP contribution in [0.5, 0.6) is 0 Å². The Morgan fingerprint density at radius 2 is 2.09 bits per heavy atom. The first-order valence-electron chi connectivity index (χ1n) is 6.63. The second-order valence-corrected chi connectivity index (χ2v) is 5.06. The van der Waals surface area contributed by atoms with Crippen LogP contribution in [0.2, 0.25) is 0 Å². The van der Waals surface area contributed by atoms with Crippen molar-refractivity contribution in [2.75, 3.05) is 0 Å². The van der Waals surface area contributed by atoms with Crippen LogP contribution in [0.4, 0.5) is 8.78 Å². The van der Waals surface area contributed by atoms with Crippen molar-refractivity contribution in [1.82, 2.24) is 15.5 Å². The number of nitriles is 1. The largest absolute Gasteiger partial charge is 0.331 e. The van der Waals surface area contributed by atoms with Crippen molar-refractivity contribution in [1.29, 1.82) is 5.26 Å². The second-order valence-electron chi connectivity index (χ2n) is 5.06. The van der Waals surface area contributed by atoms with E-state index in [1.165, 1.54) is 0 Å². The SMILES string of the molecule is CC(C)c1cc(C(=O)NC(C#N)c2ccc(F)cc2F)n[nH]1. The van der Waals surface area contributed by atoms with Gasteiger partial charge in [-0.15, -0.1) is 0 Å². The fourth-order valence-corrected chi connectivity index (χ4v) is 1.87. The molecule has 2 N–H and O–H groups in total. The molecule has 2 rings (SSSR count). The van der Waals surface area contributed by atoms with E-state index < -0.39 is 23.6 Å². The molecule has 7 heteroatoms. The molecule has 0 saturated carbocycles. The van der Waals surface area contributed by atoms with E-state index >= 15 is 0 Å². The lowest BCUT2D eigenvalue weighted by Crippen LogP contribution is -2.28. The third kappa shape index (κ3) is 3.28. The van der Waals surface area contributed by atoms with Gasteiger partial charge in [0.25, 0.3) is 5.91 Å². The predicted molar refractivity (Wildman–Crippen MR) is 74.9 cm³/mol. The number of benzene rings is 1. The lowest BCUT2D eigenvalue weighted by molar-refractivity contribution is 0.0939. The van der Waals surface area contributed by atoms with E-state index in [0.717, 1.165) is 17.8 Å². The van der Waals surface area contributed by atoms with Gasteiger partial charge in [0.1, 0.15) is 23.4 Å². The number of aromatic amines is 1. The zero-order chi connectivity index (χ0) is 16.3. The molecule has 1 aromatic heterocycles.